The molecule has 0 spiro atoms. The lowest BCUT2D eigenvalue weighted by Crippen LogP contribution is -2.19. The van der Waals surface area contributed by atoms with Gasteiger partial charge in [-0.1, -0.05) is 6.07 Å². The van der Waals surface area contributed by atoms with Gasteiger partial charge in [0, 0.05) is 24.7 Å². The summed E-state index contributed by atoms with van der Waals surface area (Å²) in [5.41, 5.74) is 1.63. The van der Waals surface area contributed by atoms with Crippen LogP contribution in [0.5, 0.6) is 0 Å². The molecule has 4 heteroatoms. The number of aliphatic hydroxyl groups excluding tert-OH is 1. The number of hydrogen-bond acceptors (Lipinski definition) is 3. The van der Waals surface area contributed by atoms with Gasteiger partial charge < -0.3 is 10.0 Å². The van der Waals surface area contributed by atoms with Crippen molar-refractivity contribution in [3.05, 3.63) is 28.2 Å². The first kappa shape index (κ1) is 14.0. The van der Waals surface area contributed by atoms with Crippen molar-refractivity contribution >= 4 is 21.6 Å². The Balaban J connectivity index is 2.66. The molecule has 0 amide bonds. The van der Waals surface area contributed by atoms with Crippen molar-refractivity contribution in [1.29, 1.82) is 5.26 Å². The van der Waals surface area contributed by atoms with Gasteiger partial charge in [0.05, 0.1) is 11.3 Å². The van der Waals surface area contributed by atoms with Crippen LogP contribution in [0.2, 0.25) is 0 Å². The van der Waals surface area contributed by atoms with Crippen LogP contribution in [-0.4, -0.2) is 25.3 Å². The fourth-order valence-corrected chi connectivity index (χ4v) is 2.14. The predicted molar refractivity (Wildman–Crippen MR) is 73.1 cm³/mol. The molecule has 0 saturated carbocycles. The summed E-state index contributed by atoms with van der Waals surface area (Å²) >= 11 is 3.39. The van der Waals surface area contributed by atoms with Gasteiger partial charge in [-0.3, -0.25) is 0 Å². The summed E-state index contributed by atoms with van der Waals surface area (Å²) in [5.74, 6) is 0. The molecule has 0 radical (unpaired) electrons. The van der Waals surface area contributed by atoms with E-state index in [9.17, 15) is 0 Å². The minimum absolute atomic E-state index is 0.254. The minimum atomic E-state index is 0.254. The maximum atomic E-state index is 9.12. The number of hydrogen-bond donors (Lipinski definition) is 1. The van der Waals surface area contributed by atoms with Gasteiger partial charge in [0.25, 0.3) is 0 Å². The summed E-state index contributed by atoms with van der Waals surface area (Å²) in [4.78, 5) is 2.08. The van der Waals surface area contributed by atoms with E-state index in [1.807, 2.05) is 25.2 Å². The Labute approximate surface area is 111 Å². The van der Waals surface area contributed by atoms with Gasteiger partial charge in [-0.05, 0) is 47.3 Å². The van der Waals surface area contributed by atoms with Gasteiger partial charge >= 0.3 is 0 Å². The van der Waals surface area contributed by atoms with Crippen molar-refractivity contribution < 1.29 is 5.11 Å². The van der Waals surface area contributed by atoms with Crippen LogP contribution in [0.4, 0.5) is 5.69 Å². The molecule has 1 aromatic rings. The van der Waals surface area contributed by atoms with Gasteiger partial charge in [0.2, 0.25) is 0 Å². The molecule has 3 nitrogen and oxygen atoms in total. The number of unbranched alkanes of at least 4 members (excludes halogenated alkanes) is 2. The highest BCUT2D eigenvalue weighted by Crippen LogP contribution is 2.26. The molecule has 1 aromatic carbocycles. The highest BCUT2D eigenvalue weighted by molar-refractivity contribution is 9.10. The summed E-state index contributed by atoms with van der Waals surface area (Å²) in [6, 6.07) is 7.98. The van der Waals surface area contributed by atoms with Gasteiger partial charge in [0.15, 0.2) is 0 Å². The highest BCUT2D eigenvalue weighted by atomic mass is 79.9. The van der Waals surface area contributed by atoms with E-state index in [1.165, 1.54) is 0 Å². The third kappa shape index (κ3) is 4.03. The fourth-order valence-electron chi connectivity index (χ4n) is 1.70. The molecule has 1 N–H and O–H groups in total. The molecule has 0 fully saturated rings. The molecule has 0 saturated heterocycles. The lowest BCUT2D eigenvalue weighted by Gasteiger charge is -2.20. The van der Waals surface area contributed by atoms with E-state index < -0.39 is 0 Å². The quantitative estimate of drug-likeness (QED) is 0.821. The SMILES string of the molecule is CN(CCCCCO)c1cccc(Br)c1C#N. The van der Waals surface area contributed by atoms with Gasteiger partial charge in [-0.15, -0.1) is 0 Å². The van der Waals surface area contributed by atoms with E-state index >= 15 is 0 Å². The zero-order valence-electron chi connectivity index (χ0n) is 9.99. The molecular weight excluding hydrogens is 280 g/mol. The Hall–Kier alpha value is -1.05. The molecule has 0 heterocycles. The molecule has 0 aliphatic carbocycles. The Kier molecular flexibility index (Phi) is 6.03. The molecule has 92 valence electrons. The van der Waals surface area contributed by atoms with Crippen LogP contribution in [0.25, 0.3) is 0 Å². The first-order valence-electron chi connectivity index (χ1n) is 5.71. The van der Waals surface area contributed by atoms with Gasteiger partial charge in [-0.2, -0.15) is 5.26 Å². The number of rotatable bonds is 6. The van der Waals surface area contributed by atoms with Crippen LogP contribution >= 0.6 is 15.9 Å². The molecule has 0 aliphatic rings. The Morgan fingerprint density at radius 1 is 1.35 bits per heavy atom. The molecule has 0 aromatic heterocycles. The lowest BCUT2D eigenvalue weighted by molar-refractivity contribution is 0.283. The van der Waals surface area contributed by atoms with E-state index in [1.54, 1.807) is 0 Å². The first-order valence-corrected chi connectivity index (χ1v) is 6.50. The molecule has 0 atom stereocenters. The minimum Gasteiger partial charge on any atom is -0.396 e. The summed E-state index contributed by atoms with van der Waals surface area (Å²) < 4.78 is 0.833. The van der Waals surface area contributed by atoms with E-state index in [0.717, 1.165) is 36.0 Å². The molecular formula is C13H17BrN2O. The highest BCUT2D eigenvalue weighted by Gasteiger charge is 2.09. The standard InChI is InChI=1S/C13H17BrN2O/c1-16(8-3-2-4-9-17)13-7-5-6-12(14)11(13)10-15/h5-7,17H,2-4,8-9H2,1H3. The zero-order valence-corrected chi connectivity index (χ0v) is 11.6. The summed E-state index contributed by atoms with van der Waals surface area (Å²) in [6.45, 7) is 1.15. The van der Waals surface area contributed by atoms with Crippen molar-refractivity contribution in [3.8, 4) is 6.07 Å². The van der Waals surface area contributed by atoms with Crippen LogP contribution < -0.4 is 4.90 Å². The van der Waals surface area contributed by atoms with E-state index in [2.05, 4.69) is 26.9 Å². The molecule has 17 heavy (non-hydrogen) atoms. The normalized spacial score (nSPS) is 10.0. The van der Waals surface area contributed by atoms with Gasteiger partial charge in [0.1, 0.15) is 6.07 Å². The van der Waals surface area contributed by atoms with Crippen LogP contribution in [0, 0.1) is 11.3 Å². The second-order valence-corrected chi connectivity index (χ2v) is 4.81. The number of benzene rings is 1. The Bertz CT molecular complexity index is 401. The third-order valence-corrected chi connectivity index (χ3v) is 3.33. The number of anilines is 1. The van der Waals surface area contributed by atoms with Crippen molar-refractivity contribution in [2.24, 2.45) is 0 Å². The summed E-state index contributed by atoms with van der Waals surface area (Å²) in [5, 5.41) is 17.8. The summed E-state index contributed by atoms with van der Waals surface area (Å²) in [7, 11) is 1.99. The largest absolute Gasteiger partial charge is 0.396 e. The van der Waals surface area contributed by atoms with Crippen molar-refractivity contribution in [2.45, 2.75) is 19.3 Å². The number of nitrogens with zero attached hydrogens (tertiary/aromatic N) is 2. The third-order valence-electron chi connectivity index (χ3n) is 2.67. The van der Waals surface area contributed by atoms with Crippen LogP contribution in [0.1, 0.15) is 24.8 Å². The first-order chi connectivity index (χ1) is 8.20. The topological polar surface area (TPSA) is 47.3 Å². The molecule has 1 rings (SSSR count). The van der Waals surface area contributed by atoms with Crippen molar-refractivity contribution in [1.82, 2.24) is 0 Å². The molecule has 0 unspecified atom stereocenters. The van der Waals surface area contributed by atoms with Crippen molar-refractivity contribution in [3.63, 3.8) is 0 Å². The number of nitriles is 1. The van der Waals surface area contributed by atoms with E-state index in [-0.39, 0.29) is 6.61 Å². The lowest BCUT2D eigenvalue weighted by atomic mass is 10.1. The van der Waals surface area contributed by atoms with Crippen molar-refractivity contribution in [2.75, 3.05) is 25.1 Å². The monoisotopic (exact) mass is 296 g/mol. The second kappa shape index (κ2) is 7.31. The smallest absolute Gasteiger partial charge is 0.103 e. The zero-order chi connectivity index (χ0) is 12.7. The second-order valence-electron chi connectivity index (χ2n) is 3.95. The molecule has 0 bridgehead atoms. The Morgan fingerprint density at radius 2 is 2.12 bits per heavy atom. The van der Waals surface area contributed by atoms with Crippen LogP contribution in [0.15, 0.2) is 22.7 Å². The van der Waals surface area contributed by atoms with Crippen LogP contribution in [-0.2, 0) is 0 Å². The maximum absolute atomic E-state index is 9.12. The Morgan fingerprint density at radius 3 is 2.76 bits per heavy atom. The van der Waals surface area contributed by atoms with Crippen LogP contribution in [0.3, 0.4) is 0 Å². The fraction of sp³-hybridized carbons (Fsp3) is 0.462. The average Bonchev–Trinajstić information content (AvgIpc) is 2.34. The number of aliphatic hydroxyl groups is 1. The van der Waals surface area contributed by atoms with E-state index in [0.29, 0.717) is 5.56 Å². The number of halogens is 1. The maximum Gasteiger partial charge on any atom is 0.103 e. The van der Waals surface area contributed by atoms with Gasteiger partial charge in [-0.25, -0.2) is 0 Å². The summed E-state index contributed by atoms with van der Waals surface area (Å²) in [6.07, 6.45) is 2.88. The van der Waals surface area contributed by atoms with E-state index in [4.69, 9.17) is 10.4 Å². The average molecular weight is 297 g/mol. The molecule has 0 aliphatic heterocycles. The predicted octanol–water partition coefficient (Wildman–Crippen LogP) is 2.92.